The van der Waals surface area contributed by atoms with E-state index in [0.717, 1.165) is 31.5 Å². The van der Waals surface area contributed by atoms with E-state index in [9.17, 15) is 0 Å². The highest BCUT2D eigenvalue weighted by molar-refractivity contribution is 5.30. The van der Waals surface area contributed by atoms with Crippen molar-refractivity contribution in [3.63, 3.8) is 0 Å². The van der Waals surface area contributed by atoms with Gasteiger partial charge in [-0.1, -0.05) is 47.1 Å². The normalized spacial score (nSPS) is 20.5. The van der Waals surface area contributed by atoms with Gasteiger partial charge in [0.15, 0.2) is 0 Å². The summed E-state index contributed by atoms with van der Waals surface area (Å²) in [4.78, 5) is 2.42. The van der Waals surface area contributed by atoms with Crippen molar-refractivity contribution in [1.82, 2.24) is 20.2 Å². The molecule has 0 N–H and O–H groups in total. The molecule has 1 aromatic heterocycles. The van der Waals surface area contributed by atoms with E-state index in [1.807, 2.05) is 4.68 Å². The standard InChI is InChI=1S/C22H31N5/c1-3-9-19(10-4-1)13-7-14-20-15-8-16-26(17-20)22-23-24-25-27(22)18-21-11-5-2-6-12-21/h1,3-4,9-11,20H,2,5-8,12-18H2. The SMILES string of the molecule is C1=C(Cn2nnnc2N2CCCC(CCCc3ccccc3)C2)CCCC1. The minimum absolute atomic E-state index is 0.751. The van der Waals surface area contributed by atoms with Crippen molar-refractivity contribution in [3.8, 4) is 0 Å². The van der Waals surface area contributed by atoms with E-state index in [2.05, 4.69) is 56.8 Å². The molecular weight excluding hydrogens is 334 g/mol. The summed E-state index contributed by atoms with van der Waals surface area (Å²) in [5.41, 5.74) is 2.95. The number of rotatable bonds is 7. The van der Waals surface area contributed by atoms with Crippen molar-refractivity contribution in [1.29, 1.82) is 0 Å². The lowest BCUT2D eigenvalue weighted by atomic mass is 9.92. The van der Waals surface area contributed by atoms with Gasteiger partial charge in [0.2, 0.25) is 5.95 Å². The first-order chi connectivity index (χ1) is 13.4. The number of benzene rings is 1. The zero-order valence-corrected chi connectivity index (χ0v) is 16.3. The third kappa shape index (κ3) is 4.96. The number of piperidine rings is 1. The number of aryl methyl sites for hydroxylation is 1. The maximum atomic E-state index is 4.37. The minimum atomic E-state index is 0.751. The van der Waals surface area contributed by atoms with Crippen molar-refractivity contribution >= 4 is 5.95 Å². The molecule has 0 bridgehead atoms. The summed E-state index contributed by atoms with van der Waals surface area (Å²) in [5.74, 6) is 1.72. The van der Waals surface area contributed by atoms with Gasteiger partial charge in [0.1, 0.15) is 0 Å². The molecule has 0 saturated carbocycles. The van der Waals surface area contributed by atoms with Crippen LogP contribution < -0.4 is 4.90 Å². The Labute approximate surface area is 162 Å². The molecular formula is C22H31N5. The highest BCUT2D eigenvalue weighted by Gasteiger charge is 2.24. The van der Waals surface area contributed by atoms with Crippen molar-refractivity contribution in [2.45, 2.75) is 64.3 Å². The second-order valence-electron chi connectivity index (χ2n) is 8.08. The van der Waals surface area contributed by atoms with Crippen molar-refractivity contribution in [2.75, 3.05) is 18.0 Å². The average molecular weight is 366 g/mol. The van der Waals surface area contributed by atoms with E-state index < -0.39 is 0 Å². The van der Waals surface area contributed by atoms with E-state index in [4.69, 9.17) is 0 Å². The molecule has 2 aromatic rings. The van der Waals surface area contributed by atoms with E-state index in [1.165, 1.54) is 68.9 Å². The molecule has 144 valence electrons. The number of aromatic nitrogens is 4. The molecule has 2 aliphatic rings. The summed E-state index contributed by atoms with van der Waals surface area (Å²) < 4.78 is 2.02. The monoisotopic (exact) mass is 365 g/mol. The fourth-order valence-electron chi connectivity index (χ4n) is 4.49. The number of hydrogen-bond acceptors (Lipinski definition) is 4. The smallest absolute Gasteiger partial charge is 0.245 e. The second-order valence-corrected chi connectivity index (χ2v) is 8.08. The van der Waals surface area contributed by atoms with Crippen molar-refractivity contribution in [3.05, 3.63) is 47.5 Å². The van der Waals surface area contributed by atoms with Crippen LogP contribution in [0.5, 0.6) is 0 Å². The summed E-state index contributed by atoms with van der Waals surface area (Å²) in [6.45, 7) is 3.03. The molecule has 1 fully saturated rings. The maximum absolute atomic E-state index is 4.37. The molecule has 5 nitrogen and oxygen atoms in total. The second kappa shape index (κ2) is 9.16. The van der Waals surface area contributed by atoms with Crippen LogP contribution in [0, 0.1) is 5.92 Å². The van der Waals surface area contributed by atoms with E-state index in [0.29, 0.717) is 0 Å². The predicted molar refractivity (Wildman–Crippen MR) is 109 cm³/mol. The number of hydrogen-bond donors (Lipinski definition) is 0. The summed E-state index contributed by atoms with van der Waals surface area (Å²) in [6, 6.07) is 10.8. The maximum Gasteiger partial charge on any atom is 0.245 e. The lowest BCUT2D eigenvalue weighted by molar-refractivity contribution is 0.376. The number of nitrogens with zero attached hydrogens (tertiary/aromatic N) is 5. The quantitative estimate of drug-likeness (QED) is 0.682. The van der Waals surface area contributed by atoms with Gasteiger partial charge >= 0.3 is 0 Å². The van der Waals surface area contributed by atoms with Crippen LogP contribution in [0.4, 0.5) is 5.95 Å². The molecule has 4 rings (SSSR count). The van der Waals surface area contributed by atoms with Crippen LogP contribution >= 0.6 is 0 Å². The van der Waals surface area contributed by atoms with Gasteiger partial charge in [-0.3, -0.25) is 0 Å². The highest BCUT2D eigenvalue weighted by atomic mass is 15.6. The summed E-state index contributed by atoms with van der Waals surface area (Å²) >= 11 is 0. The van der Waals surface area contributed by atoms with Crippen molar-refractivity contribution < 1.29 is 0 Å². The Bertz CT molecular complexity index is 736. The molecule has 0 spiro atoms. The number of anilines is 1. The van der Waals surface area contributed by atoms with Crippen LogP contribution in [-0.4, -0.2) is 33.3 Å². The molecule has 1 aromatic carbocycles. The first-order valence-electron chi connectivity index (χ1n) is 10.6. The summed E-state index contributed by atoms with van der Waals surface area (Å²) in [6.07, 6.45) is 13.7. The molecule has 1 aliphatic carbocycles. The lowest BCUT2D eigenvalue weighted by Crippen LogP contribution is -2.37. The topological polar surface area (TPSA) is 46.8 Å². The predicted octanol–water partition coefficient (Wildman–Crippen LogP) is 4.41. The zero-order valence-electron chi connectivity index (χ0n) is 16.3. The molecule has 1 unspecified atom stereocenters. The van der Waals surface area contributed by atoms with E-state index >= 15 is 0 Å². The van der Waals surface area contributed by atoms with Crippen LogP contribution in [0.25, 0.3) is 0 Å². The van der Waals surface area contributed by atoms with Gasteiger partial charge in [-0.05, 0) is 79.7 Å². The molecule has 27 heavy (non-hydrogen) atoms. The Kier molecular flexibility index (Phi) is 6.17. The zero-order chi connectivity index (χ0) is 18.3. The molecule has 1 aliphatic heterocycles. The molecule has 1 saturated heterocycles. The molecule has 1 atom stereocenters. The fraction of sp³-hybridized carbons (Fsp3) is 0.591. The minimum Gasteiger partial charge on any atom is -0.339 e. The van der Waals surface area contributed by atoms with Gasteiger partial charge in [0, 0.05) is 13.1 Å². The van der Waals surface area contributed by atoms with Crippen molar-refractivity contribution in [2.24, 2.45) is 5.92 Å². The van der Waals surface area contributed by atoms with Gasteiger partial charge in [-0.25, -0.2) is 4.68 Å². The largest absolute Gasteiger partial charge is 0.339 e. The van der Waals surface area contributed by atoms with Crippen LogP contribution in [-0.2, 0) is 13.0 Å². The van der Waals surface area contributed by atoms with Crippen LogP contribution in [0.15, 0.2) is 42.0 Å². The fourth-order valence-corrected chi connectivity index (χ4v) is 4.49. The van der Waals surface area contributed by atoms with Crippen LogP contribution in [0.1, 0.15) is 56.9 Å². The summed E-state index contributed by atoms with van der Waals surface area (Å²) in [7, 11) is 0. The molecule has 5 heteroatoms. The van der Waals surface area contributed by atoms with Gasteiger partial charge in [-0.2, -0.15) is 0 Å². The Morgan fingerprint density at radius 3 is 2.85 bits per heavy atom. The first-order valence-corrected chi connectivity index (χ1v) is 10.6. The Morgan fingerprint density at radius 1 is 1.07 bits per heavy atom. The number of tetrazole rings is 1. The van der Waals surface area contributed by atoms with Gasteiger partial charge < -0.3 is 4.90 Å². The third-order valence-electron chi connectivity index (χ3n) is 5.97. The average Bonchev–Trinajstić information content (AvgIpc) is 3.18. The van der Waals surface area contributed by atoms with Gasteiger partial charge in [0.05, 0.1) is 6.54 Å². The Balaban J connectivity index is 1.32. The highest BCUT2D eigenvalue weighted by Crippen LogP contribution is 2.26. The van der Waals surface area contributed by atoms with E-state index in [1.54, 1.807) is 0 Å². The van der Waals surface area contributed by atoms with Gasteiger partial charge in [0.25, 0.3) is 0 Å². The molecule has 2 heterocycles. The van der Waals surface area contributed by atoms with Gasteiger partial charge in [-0.15, -0.1) is 0 Å². The van der Waals surface area contributed by atoms with Crippen LogP contribution in [0.2, 0.25) is 0 Å². The Hall–Kier alpha value is -2.17. The molecule has 0 radical (unpaired) electrons. The first kappa shape index (κ1) is 18.2. The Morgan fingerprint density at radius 2 is 2.00 bits per heavy atom. The third-order valence-corrected chi connectivity index (χ3v) is 5.97. The van der Waals surface area contributed by atoms with E-state index in [-0.39, 0.29) is 0 Å². The molecule has 0 amide bonds. The lowest BCUT2D eigenvalue weighted by Gasteiger charge is -2.33. The van der Waals surface area contributed by atoms with Crippen LogP contribution in [0.3, 0.4) is 0 Å². The summed E-state index contributed by atoms with van der Waals surface area (Å²) in [5, 5.41) is 12.6. The number of allylic oxidation sites excluding steroid dienone is 2.